The number of aromatic nitrogens is 2. The average molecular weight is 425 g/mol. The minimum absolute atomic E-state index is 0.148. The lowest BCUT2D eigenvalue weighted by atomic mass is 10.0. The maximum atomic E-state index is 11.3. The first-order chi connectivity index (χ1) is 15.7. The Bertz CT molecular complexity index is 1260. The maximum absolute atomic E-state index is 11.3. The Balaban J connectivity index is 1.50. The molecule has 2 heterocycles. The van der Waals surface area contributed by atoms with Crippen molar-refractivity contribution >= 4 is 22.4 Å². The van der Waals surface area contributed by atoms with Crippen molar-refractivity contribution in [1.29, 1.82) is 5.41 Å². The molecule has 0 saturated carbocycles. The molecule has 1 atom stereocenters. The summed E-state index contributed by atoms with van der Waals surface area (Å²) >= 11 is 0. The van der Waals surface area contributed by atoms with E-state index in [4.69, 9.17) is 10.1 Å². The van der Waals surface area contributed by atoms with Crippen LogP contribution in [-0.4, -0.2) is 39.5 Å². The lowest BCUT2D eigenvalue weighted by Gasteiger charge is -2.27. The number of methoxy groups -OCH3 is 1. The number of benzene rings is 3. The number of nitrogens with zero attached hydrogens (tertiary/aromatic N) is 2. The Morgan fingerprint density at radius 2 is 1.72 bits per heavy atom. The van der Waals surface area contributed by atoms with Gasteiger partial charge in [-0.1, -0.05) is 54.6 Å². The van der Waals surface area contributed by atoms with Gasteiger partial charge in [-0.25, -0.2) is 4.98 Å². The van der Waals surface area contributed by atoms with Crippen molar-refractivity contribution in [1.82, 2.24) is 14.9 Å². The summed E-state index contributed by atoms with van der Waals surface area (Å²) in [5, 5.41) is 20.2. The molecule has 32 heavy (non-hydrogen) atoms. The Hall–Kier alpha value is -4.06. The molecule has 0 amide bonds. The van der Waals surface area contributed by atoms with Crippen LogP contribution in [0, 0.1) is 5.41 Å². The van der Waals surface area contributed by atoms with Crippen LogP contribution in [0.4, 0.5) is 0 Å². The topological polar surface area (TPSA) is 85.2 Å². The highest BCUT2D eigenvalue weighted by Gasteiger charge is 2.39. The molecule has 4 aromatic rings. The minimum atomic E-state index is -0.426. The summed E-state index contributed by atoms with van der Waals surface area (Å²) in [6, 6.07) is 25.1. The van der Waals surface area contributed by atoms with Crippen molar-refractivity contribution < 1.29 is 9.84 Å². The molecule has 1 aliphatic rings. The normalized spacial score (nSPS) is 16.2. The Morgan fingerprint density at radius 3 is 2.44 bits per heavy atom. The summed E-state index contributed by atoms with van der Waals surface area (Å²) in [6.07, 6.45) is 0.733. The highest BCUT2D eigenvalue weighted by molar-refractivity contribution is 6.23. The lowest BCUT2D eigenvalue weighted by molar-refractivity contribution is 0.276. The fourth-order valence-electron chi connectivity index (χ4n) is 4.24. The number of fused-ring (bicyclic) bond motifs is 1. The molecule has 6 heteroatoms. The molecule has 1 aliphatic heterocycles. The van der Waals surface area contributed by atoms with E-state index in [9.17, 15) is 5.11 Å². The van der Waals surface area contributed by atoms with Crippen molar-refractivity contribution in [2.45, 2.75) is 12.5 Å². The first-order valence-electron chi connectivity index (χ1n) is 10.6. The standard InChI is InChI=1S/C26H24N4O2/c1-32-19-13-11-17(12-14-19)15-16-30-23(18-7-3-2-4-8-18)24(31)22(25(30)27)26-28-20-9-5-6-10-21(20)29-26/h2-14,23,27,31H,15-16H2,1H3,(H,28,29)/t23-/m0/s1. The molecule has 0 aliphatic carbocycles. The van der Waals surface area contributed by atoms with Crippen molar-refractivity contribution in [2.75, 3.05) is 13.7 Å². The Labute approximate surface area is 186 Å². The zero-order chi connectivity index (χ0) is 22.1. The number of hydrogen-bond acceptors (Lipinski definition) is 4. The van der Waals surface area contributed by atoms with Crippen LogP contribution in [0.15, 0.2) is 84.6 Å². The van der Waals surface area contributed by atoms with Gasteiger partial charge in [-0.3, -0.25) is 5.41 Å². The van der Waals surface area contributed by atoms with E-state index >= 15 is 0 Å². The summed E-state index contributed by atoms with van der Waals surface area (Å²) < 4.78 is 5.25. The van der Waals surface area contributed by atoms with E-state index < -0.39 is 6.04 Å². The molecule has 3 aromatic carbocycles. The largest absolute Gasteiger partial charge is 0.509 e. The maximum Gasteiger partial charge on any atom is 0.145 e. The van der Waals surface area contributed by atoms with Crippen molar-refractivity contribution in [3.05, 3.63) is 102 Å². The molecule has 0 spiro atoms. The van der Waals surface area contributed by atoms with Crippen LogP contribution in [0.1, 0.15) is 23.0 Å². The second-order valence-corrected chi connectivity index (χ2v) is 7.82. The lowest BCUT2D eigenvalue weighted by Crippen LogP contribution is -2.32. The van der Waals surface area contributed by atoms with Gasteiger partial charge in [0.2, 0.25) is 0 Å². The van der Waals surface area contributed by atoms with Gasteiger partial charge in [-0.05, 0) is 41.8 Å². The number of aromatic amines is 1. The Morgan fingerprint density at radius 1 is 1.00 bits per heavy atom. The van der Waals surface area contributed by atoms with Gasteiger partial charge in [-0.15, -0.1) is 0 Å². The van der Waals surface area contributed by atoms with E-state index in [1.807, 2.05) is 83.8 Å². The smallest absolute Gasteiger partial charge is 0.145 e. The molecule has 0 saturated heterocycles. The molecule has 0 radical (unpaired) electrons. The summed E-state index contributed by atoms with van der Waals surface area (Å²) in [6.45, 7) is 0.582. The zero-order valence-corrected chi connectivity index (χ0v) is 17.7. The first kappa shape index (κ1) is 19.9. The van der Waals surface area contributed by atoms with Crippen LogP contribution in [0.25, 0.3) is 16.6 Å². The number of imidazole rings is 1. The molecule has 0 bridgehead atoms. The number of H-pyrrole nitrogens is 1. The highest BCUT2D eigenvalue weighted by atomic mass is 16.5. The van der Waals surface area contributed by atoms with Gasteiger partial charge in [0, 0.05) is 6.54 Å². The van der Waals surface area contributed by atoms with E-state index in [-0.39, 0.29) is 11.6 Å². The number of ether oxygens (including phenoxy) is 1. The monoisotopic (exact) mass is 424 g/mol. The third-order valence-corrected chi connectivity index (χ3v) is 5.89. The molecular formula is C26H24N4O2. The van der Waals surface area contributed by atoms with Crippen molar-refractivity contribution in [3.8, 4) is 5.75 Å². The summed E-state index contributed by atoms with van der Waals surface area (Å²) in [7, 11) is 1.65. The van der Waals surface area contributed by atoms with E-state index in [1.54, 1.807) is 7.11 Å². The molecular weight excluding hydrogens is 400 g/mol. The molecule has 160 valence electrons. The Kier molecular flexibility index (Phi) is 5.11. The molecule has 3 N–H and O–H groups in total. The van der Waals surface area contributed by atoms with Crippen LogP contribution in [0.2, 0.25) is 0 Å². The first-order valence-corrected chi connectivity index (χ1v) is 10.6. The van der Waals surface area contributed by atoms with E-state index in [1.165, 1.54) is 0 Å². The number of aliphatic hydroxyl groups excluding tert-OH is 1. The molecule has 6 nitrogen and oxygen atoms in total. The highest BCUT2D eigenvalue weighted by Crippen LogP contribution is 2.40. The van der Waals surface area contributed by atoms with Gasteiger partial charge in [0.1, 0.15) is 29.2 Å². The summed E-state index contributed by atoms with van der Waals surface area (Å²) in [4.78, 5) is 9.85. The van der Waals surface area contributed by atoms with Crippen LogP contribution in [0.3, 0.4) is 0 Å². The third kappa shape index (κ3) is 3.50. The van der Waals surface area contributed by atoms with Crippen LogP contribution in [0.5, 0.6) is 5.75 Å². The minimum Gasteiger partial charge on any atom is -0.509 e. The summed E-state index contributed by atoms with van der Waals surface area (Å²) in [5.41, 5.74) is 4.22. The number of amidine groups is 1. The van der Waals surface area contributed by atoms with E-state index in [2.05, 4.69) is 9.97 Å². The van der Waals surface area contributed by atoms with Gasteiger partial charge < -0.3 is 19.7 Å². The molecule has 0 unspecified atom stereocenters. The van der Waals surface area contributed by atoms with Gasteiger partial charge in [0.25, 0.3) is 0 Å². The predicted octanol–water partition coefficient (Wildman–Crippen LogP) is 5.12. The second kappa shape index (κ2) is 8.23. The second-order valence-electron chi connectivity index (χ2n) is 7.82. The third-order valence-electron chi connectivity index (χ3n) is 5.89. The molecule has 1 aromatic heterocycles. The van der Waals surface area contributed by atoms with Crippen molar-refractivity contribution in [3.63, 3.8) is 0 Å². The molecule has 0 fully saturated rings. The van der Waals surface area contributed by atoms with Gasteiger partial charge in [-0.2, -0.15) is 0 Å². The summed E-state index contributed by atoms with van der Waals surface area (Å²) in [5.74, 6) is 1.75. The van der Waals surface area contributed by atoms with Crippen LogP contribution in [-0.2, 0) is 6.42 Å². The van der Waals surface area contributed by atoms with Gasteiger partial charge >= 0.3 is 0 Å². The number of nitrogens with one attached hydrogen (secondary N) is 2. The molecule has 5 rings (SSSR count). The number of aliphatic hydroxyl groups is 1. The van der Waals surface area contributed by atoms with Crippen molar-refractivity contribution in [2.24, 2.45) is 0 Å². The number of rotatable bonds is 6. The zero-order valence-electron chi connectivity index (χ0n) is 17.7. The number of para-hydroxylation sites is 2. The average Bonchev–Trinajstić information content (AvgIpc) is 3.36. The van der Waals surface area contributed by atoms with Crippen LogP contribution < -0.4 is 4.74 Å². The fourth-order valence-corrected chi connectivity index (χ4v) is 4.24. The predicted molar refractivity (Wildman–Crippen MR) is 126 cm³/mol. The van der Waals surface area contributed by atoms with E-state index in [0.29, 0.717) is 17.9 Å². The fraction of sp³-hybridized carbons (Fsp3) is 0.154. The number of hydrogen-bond donors (Lipinski definition) is 3. The quantitative estimate of drug-likeness (QED) is 0.401. The van der Waals surface area contributed by atoms with Gasteiger partial charge in [0.05, 0.1) is 23.7 Å². The van der Waals surface area contributed by atoms with Gasteiger partial charge in [0.15, 0.2) is 0 Å². The SMILES string of the molecule is COc1ccc(CCN2C(=N)C(c3nc4ccccc4[nH]3)=C(O)[C@@H]2c2ccccc2)cc1. The van der Waals surface area contributed by atoms with E-state index in [0.717, 1.165) is 34.3 Å². The van der Waals surface area contributed by atoms with Crippen LogP contribution >= 0.6 is 0 Å².